The van der Waals surface area contributed by atoms with Gasteiger partial charge in [0.05, 0.1) is 0 Å². The number of carbonyl (C=O) groups is 1. The molecule has 2 nitrogen and oxygen atoms in total. The van der Waals surface area contributed by atoms with Crippen LogP contribution in [0.1, 0.15) is 32.1 Å². The van der Waals surface area contributed by atoms with Crippen LogP contribution in [0.4, 0.5) is 0 Å². The average Bonchev–Trinajstić information content (AvgIpc) is 2.17. The van der Waals surface area contributed by atoms with Crippen molar-refractivity contribution in [3.63, 3.8) is 0 Å². The maximum atomic E-state index is 8.58. The lowest BCUT2D eigenvalue weighted by Gasteiger charge is -1.67. The van der Waals surface area contributed by atoms with E-state index in [-0.39, 0.29) is 6.41 Å². The summed E-state index contributed by atoms with van der Waals surface area (Å²) >= 11 is 0. The van der Waals surface area contributed by atoms with Crippen LogP contribution >= 0.6 is 0 Å². The van der Waals surface area contributed by atoms with Crippen molar-refractivity contribution in [1.29, 1.82) is 0 Å². The van der Waals surface area contributed by atoms with E-state index in [1.165, 1.54) is 32.1 Å². The molecule has 0 radical (unpaired) electrons. The van der Waals surface area contributed by atoms with Crippen LogP contribution in [0.2, 0.25) is 0 Å². The standard InChI is InChI=1S/C5H10.CH3NO/c1-2-4-5-3-1;2-1-3/h1-5H2;1H,(H2,2,3). The van der Waals surface area contributed by atoms with E-state index in [9.17, 15) is 0 Å². The van der Waals surface area contributed by atoms with Gasteiger partial charge in [-0.2, -0.15) is 0 Å². The van der Waals surface area contributed by atoms with Crippen LogP contribution < -0.4 is 5.73 Å². The fourth-order valence-electron chi connectivity index (χ4n) is 0.884. The van der Waals surface area contributed by atoms with E-state index in [1.807, 2.05) is 0 Å². The van der Waals surface area contributed by atoms with Crippen LogP contribution in [0.3, 0.4) is 0 Å². The second-order valence-corrected chi connectivity index (χ2v) is 1.90. The molecule has 8 heavy (non-hydrogen) atoms. The predicted octanol–water partition coefficient (Wildman–Crippen LogP) is 1.05. The van der Waals surface area contributed by atoms with Gasteiger partial charge in [-0.25, -0.2) is 0 Å². The maximum absolute atomic E-state index is 8.58. The molecular formula is C6H13NO. The van der Waals surface area contributed by atoms with Gasteiger partial charge in [-0.05, 0) is 0 Å². The van der Waals surface area contributed by atoms with Crippen LogP contribution in [-0.4, -0.2) is 6.41 Å². The Labute approximate surface area is 50.1 Å². The van der Waals surface area contributed by atoms with Crippen molar-refractivity contribution in [1.82, 2.24) is 0 Å². The first kappa shape index (κ1) is 7.47. The molecule has 0 aromatic rings. The minimum atomic E-state index is 0.250. The van der Waals surface area contributed by atoms with E-state index in [2.05, 4.69) is 5.73 Å². The third kappa shape index (κ3) is 5.47. The van der Waals surface area contributed by atoms with Gasteiger partial charge in [0, 0.05) is 0 Å². The Hall–Kier alpha value is -0.530. The molecule has 0 aliphatic heterocycles. The van der Waals surface area contributed by atoms with Crippen molar-refractivity contribution in [2.75, 3.05) is 0 Å². The molecule has 1 rings (SSSR count). The largest absolute Gasteiger partial charge is 0.372 e. The van der Waals surface area contributed by atoms with Gasteiger partial charge < -0.3 is 5.73 Å². The first-order valence-corrected chi connectivity index (χ1v) is 3.07. The number of hydrogen-bond acceptors (Lipinski definition) is 1. The second kappa shape index (κ2) is 6.47. The predicted molar refractivity (Wildman–Crippen MR) is 33.3 cm³/mol. The molecule has 1 fully saturated rings. The highest BCUT2D eigenvalue weighted by Crippen LogP contribution is 2.15. The zero-order chi connectivity index (χ0) is 6.24. The van der Waals surface area contributed by atoms with Crippen LogP contribution in [0.25, 0.3) is 0 Å². The van der Waals surface area contributed by atoms with Crippen molar-refractivity contribution in [3.05, 3.63) is 0 Å². The van der Waals surface area contributed by atoms with Gasteiger partial charge in [0.15, 0.2) is 0 Å². The van der Waals surface area contributed by atoms with Gasteiger partial charge >= 0.3 is 0 Å². The highest BCUT2D eigenvalue weighted by Gasteiger charge is 1.95. The Bertz CT molecular complexity index is 42.9. The fraction of sp³-hybridized carbons (Fsp3) is 0.833. The van der Waals surface area contributed by atoms with E-state index in [0.717, 1.165) is 0 Å². The van der Waals surface area contributed by atoms with E-state index in [1.54, 1.807) is 0 Å². The highest BCUT2D eigenvalue weighted by atomic mass is 16.1. The van der Waals surface area contributed by atoms with E-state index in [4.69, 9.17) is 4.79 Å². The number of carbonyl (C=O) groups excluding carboxylic acids is 1. The number of rotatable bonds is 0. The average molecular weight is 115 g/mol. The third-order valence-corrected chi connectivity index (χ3v) is 1.25. The lowest BCUT2D eigenvalue weighted by Crippen LogP contribution is -1.82. The summed E-state index contributed by atoms with van der Waals surface area (Å²) in [6.07, 6.45) is 7.75. The summed E-state index contributed by atoms with van der Waals surface area (Å²) in [5.41, 5.74) is 4.17. The molecule has 0 unspecified atom stereocenters. The molecule has 2 N–H and O–H groups in total. The topological polar surface area (TPSA) is 43.1 Å². The zero-order valence-corrected chi connectivity index (χ0v) is 5.10. The van der Waals surface area contributed by atoms with Crippen LogP contribution in [0.15, 0.2) is 0 Å². The van der Waals surface area contributed by atoms with E-state index >= 15 is 0 Å². The Morgan fingerprint density at radius 1 is 1.00 bits per heavy atom. The van der Waals surface area contributed by atoms with Crippen LogP contribution in [0.5, 0.6) is 0 Å². The molecule has 1 amide bonds. The summed E-state index contributed by atoms with van der Waals surface area (Å²) in [5.74, 6) is 0. The summed E-state index contributed by atoms with van der Waals surface area (Å²) in [5, 5.41) is 0. The van der Waals surface area contributed by atoms with Gasteiger partial charge in [-0.15, -0.1) is 0 Å². The molecule has 0 bridgehead atoms. The summed E-state index contributed by atoms with van der Waals surface area (Å²) in [7, 11) is 0. The molecule has 0 heterocycles. The maximum Gasteiger partial charge on any atom is 0.204 e. The molecule has 1 aliphatic carbocycles. The monoisotopic (exact) mass is 115 g/mol. The Balaban J connectivity index is 0.000000145. The number of primary amides is 1. The van der Waals surface area contributed by atoms with Crippen molar-refractivity contribution in [2.24, 2.45) is 5.73 Å². The summed E-state index contributed by atoms with van der Waals surface area (Å²) in [6.45, 7) is 0. The first-order valence-electron chi connectivity index (χ1n) is 3.07. The van der Waals surface area contributed by atoms with Gasteiger partial charge in [0.25, 0.3) is 0 Å². The lowest BCUT2D eigenvalue weighted by atomic mass is 10.4. The van der Waals surface area contributed by atoms with E-state index < -0.39 is 0 Å². The number of amides is 1. The van der Waals surface area contributed by atoms with Crippen molar-refractivity contribution < 1.29 is 4.79 Å². The third-order valence-electron chi connectivity index (χ3n) is 1.25. The van der Waals surface area contributed by atoms with Crippen LogP contribution in [-0.2, 0) is 4.79 Å². The van der Waals surface area contributed by atoms with Gasteiger partial charge in [-0.3, -0.25) is 4.79 Å². The van der Waals surface area contributed by atoms with Crippen molar-refractivity contribution in [2.45, 2.75) is 32.1 Å². The molecule has 1 saturated carbocycles. The molecule has 48 valence electrons. The minimum absolute atomic E-state index is 0.250. The molecule has 2 heteroatoms. The zero-order valence-electron chi connectivity index (χ0n) is 5.10. The Morgan fingerprint density at radius 2 is 1.12 bits per heavy atom. The molecule has 0 atom stereocenters. The Morgan fingerprint density at radius 3 is 1.25 bits per heavy atom. The Kier molecular flexibility index (Phi) is 6.04. The summed E-state index contributed by atoms with van der Waals surface area (Å²) in [6, 6.07) is 0. The quantitative estimate of drug-likeness (QED) is 0.471. The number of nitrogens with two attached hydrogens (primary N) is 1. The fourth-order valence-corrected chi connectivity index (χ4v) is 0.884. The smallest absolute Gasteiger partial charge is 0.204 e. The molecule has 0 aromatic carbocycles. The molecule has 0 saturated heterocycles. The minimum Gasteiger partial charge on any atom is -0.372 e. The SMILES string of the molecule is C1CCCC1.NC=O. The van der Waals surface area contributed by atoms with Crippen molar-refractivity contribution >= 4 is 6.41 Å². The first-order chi connectivity index (χ1) is 3.91. The molecule has 0 spiro atoms. The molecule has 1 aliphatic rings. The lowest BCUT2D eigenvalue weighted by molar-refractivity contribution is -0.106. The molecular weight excluding hydrogens is 102 g/mol. The summed E-state index contributed by atoms with van der Waals surface area (Å²) in [4.78, 5) is 8.58. The van der Waals surface area contributed by atoms with Gasteiger partial charge in [-0.1, -0.05) is 32.1 Å². The molecule has 0 aromatic heterocycles. The number of hydrogen-bond donors (Lipinski definition) is 1. The van der Waals surface area contributed by atoms with Crippen LogP contribution in [0, 0.1) is 0 Å². The van der Waals surface area contributed by atoms with Gasteiger partial charge in [0.2, 0.25) is 6.41 Å². The normalized spacial score (nSPS) is 16.5. The van der Waals surface area contributed by atoms with Crippen molar-refractivity contribution in [3.8, 4) is 0 Å². The van der Waals surface area contributed by atoms with Gasteiger partial charge in [0.1, 0.15) is 0 Å². The second-order valence-electron chi connectivity index (χ2n) is 1.90. The van der Waals surface area contributed by atoms with E-state index in [0.29, 0.717) is 0 Å². The highest BCUT2D eigenvalue weighted by molar-refractivity contribution is 5.42. The summed E-state index contributed by atoms with van der Waals surface area (Å²) < 4.78 is 0.